The van der Waals surface area contributed by atoms with Crippen LogP contribution in [-0.4, -0.2) is 38.3 Å². The van der Waals surface area contributed by atoms with Crippen molar-refractivity contribution in [1.29, 1.82) is 0 Å². The predicted molar refractivity (Wildman–Crippen MR) is 120 cm³/mol. The SMILES string of the molecule is Cc1c2c(n(-c3cnc(C(N)=O)c(NC4CCCCC4N)n3)c1C)CC(C)(C)CC2=O. The number of primary amides is 1. The number of nitrogens with one attached hydrogen (secondary N) is 1. The van der Waals surface area contributed by atoms with Gasteiger partial charge in [-0.2, -0.15) is 0 Å². The average molecular weight is 425 g/mol. The highest BCUT2D eigenvalue weighted by molar-refractivity contribution is 6.01. The van der Waals surface area contributed by atoms with E-state index in [4.69, 9.17) is 16.5 Å². The molecule has 1 amide bonds. The van der Waals surface area contributed by atoms with Gasteiger partial charge in [-0.3, -0.25) is 9.59 Å². The van der Waals surface area contributed by atoms with Crippen LogP contribution in [0.3, 0.4) is 0 Å². The van der Waals surface area contributed by atoms with Crippen molar-refractivity contribution >= 4 is 17.5 Å². The van der Waals surface area contributed by atoms with Crippen molar-refractivity contribution in [3.05, 3.63) is 34.4 Å². The molecule has 0 aromatic carbocycles. The molecule has 0 spiro atoms. The van der Waals surface area contributed by atoms with Crippen LogP contribution in [0.15, 0.2) is 6.20 Å². The van der Waals surface area contributed by atoms with Gasteiger partial charge in [-0.1, -0.05) is 26.7 Å². The average Bonchev–Trinajstić information content (AvgIpc) is 2.92. The van der Waals surface area contributed by atoms with Crippen LogP contribution in [-0.2, 0) is 6.42 Å². The second-order valence-electron chi connectivity index (χ2n) is 9.80. The molecule has 2 aliphatic carbocycles. The van der Waals surface area contributed by atoms with E-state index in [2.05, 4.69) is 24.1 Å². The molecule has 0 saturated heterocycles. The third-order valence-corrected chi connectivity index (χ3v) is 6.74. The van der Waals surface area contributed by atoms with Gasteiger partial charge in [0.15, 0.2) is 23.1 Å². The maximum absolute atomic E-state index is 12.9. The third kappa shape index (κ3) is 3.84. The molecule has 2 unspecified atom stereocenters. The summed E-state index contributed by atoms with van der Waals surface area (Å²) in [4.78, 5) is 34.0. The number of hydrogen-bond acceptors (Lipinski definition) is 6. The molecule has 166 valence electrons. The van der Waals surface area contributed by atoms with Gasteiger partial charge >= 0.3 is 0 Å². The number of aromatic nitrogens is 3. The normalized spacial score (nSPS) is 22.8. The Bertz CT molecular complexity index is 1050. The van der Waals surface area contributed by atoms with Crippen molar-refractivity contribution in [1.82, 2.24) is 14.5 Å². The van der Waals surface area contributed by atoms with E-state index in [0.29, 0.717) is 18.1 Å². The Kier molecular flexibility index (Phi) is 5.37. The fourth-order valence-electron chi connectivity index (χ4n) is 5.05. The zero-order valence-corrected chi connectivity index (χ0v) is 18.8. The van der Waals surface area contributed by atoms with Crippen LogP contribution in [0.2, 0.25) is 0 Å². The molecule has 5 N–H and O–H groups in total. The number of rotatable bonds is 4. The molecule has 31 heavy (non-hydrogen) atoms. The highest BCUT2D eigenvalue weighted by Gasteiger charge is 2.36. The second kappa shape index (κ2) is 7.75. The van der Waals surface area contributed by atoms with Crippen LogP contribution in [0, 0.1) is 19.3 Å². The predicted octanol–water partition coefficient (Wildman–Crippen LogP) is 2.82. The lowest BCUT2D eigenvalue weighted by Crippen LogP contribution is -2.43. The van der Waals surface area contributed by atoms with Crippen molar-refractivity contribution in [2.45, 2.75) is 78.3 Å². The number of anilines is 1. The zero-order chi connectivity index (χ0) is 22.5. The minimum Gasteiger partial charge on any atom is -0.364 e. The molecule has 0 aliphatic heterocycles. The van der Waals surface area contributed by atoms with Crippen molar-refractivity contribution in [3.8, 4) is 5.82 Å². The van der Waals surface area contributed by atoms with Crippen LogP contribution >= 0.6 is 0 Å². The number of ketones is 1. The summed E-state index contributed by atoms with van der Waals surface area (Å²) in [6, 6.07) is -0.00000627. The van der Waals surface area contributed by atoms with Crippen molar-refractivity contribution in [3.63, 3.8) is 0 Å². The van der Waals surface area contributed by atoms with Crippen LogP contribution in [0.5, 0.6) is 0 Å². The van der Waals surface area contributed by atoms with Crippen molar-refractivity contribution in [2.75, 3.05) is 5.32 Å². The number of amides is 1. The number of carbonyl (C=O) groups is 2. The quantitative estimate of drug-likeness (QED) is 0.692. The smallest absolute Gasteiger partial charge is 0.271 e. The fourth-order valence-corrected chi connectivity index (χ4v) is 5.05. The summed E-state index contributed by atoms with van der Waals surface area (Å²) < 4.78 is 2.01. The summed E-state index contributed by atoms with van der Waals surface area (Å²) in [6.07, 6.45) is 6.87. The first-order valence-corrected chi connectivity index (χ1v) is 11.0. The van der Waals surface area contributed by atoms with Crippen molar-refractivity contribution in [2.24, 2.45) is 16.9 Å². The topological polar surface area (TPSA) is 129 Å². The highest BCUT2D eigenvalue weighted by atomic mass is 16.1. The monoisotopic (exact) mass is 424 g/mol. The Labute approximate surface area is 182 Å². The summed E-state index contributed by atoms with van der Waals surface area (Å²) in [7, 11) is 0. The van der Waals surface area contributed by atoms with Gasteiger partial charge in [0.1, 0.15) is 0 Å². The molecule has 1 fully saturated rings. The van der Waals surface area contributed by atoms with E-state index in [1.165, 1.54) is 0 Å². The summed E-state index contributed by atoms with van der Waals surface area (Å²) >= 11 is 0. The second-order valence-corrected chi connectivity index (χ2v) is 9.80. The van der Waals surface area contributed by atoms with Gasteiger partial charge in [-0.15, -0.1) is 0 Å². The first-order chi connectivity index (χ1) is 14.6. The minimum absolute atomic E-state index is 0.0123. The van der Waals surface area contributed by atoms with Crippen LogP contribution in [0.1, 0.15) is 83.7 Å². The summed E-state index contributed by atoms with van der Waals surface area (Å²) in [5.74, 6) is 0.459. The van der Waals surface area contributed by atoms with Crippen molar-refractivity contribution < 1.29 is 9.59 Å². The molecular formula is C23H32N6O2. The molecule has 0 radical (unpaired) electrons. The maximum Gasteiger partial charge on any atom is 0.271 e. The van der Waals surface area contributed by atoms with Crippen LogP contribution < -0.4 is 16.8 Å². The summed E-state index contributed by atoms with van der Waals surface area (Å²) in [6.45, 7) is 8.18. The molecular weight excluding hydrogens is 392 g/mol. The first kappa shape index (κ1) is 21.5. The van der Waals surface area contributed by atoms with Crippen LogP contribution in [0.25, 0.3) is 5.82 Å². The van der Waals surface area contributed by atoms with E-state index in [9.17, 15) is 9.59 Å². The van der Waals surface area contributed by atoms with Gasteiger partial charge in [-0.05, 0) is 44.1 Å². The lowest BCUT2D eigenvalue weighted by Gasteiger charge is -2.31. The van der Waals surface area contributed by atoms with E-state index < -0.39 is 5.91 Å². The van der Waals surface area contributed by atoms with Gasteiger partial charge < -0.3 is 21.4 Å². The number of nitrogens with two attached hydrogens (primary N) is 2. The largest absolute Gasteiger partial charge is 0.364 e. The number of carbonyl (C=O) groups excluding carboxylic acids is 2. The summed E-state index contributed by atoms with van der Waals surface area (Å²) in [5, 5.41) is 3.34. The molecule has 8 heteroatoms. The Morgan fingerprint density at radius 2 is 1.94 bits per heavy atom. The van der Waals surface area contributed by atoms with Crippen LogP contribution in [0.4, 0.5) is 5.82 Å². The molecule has 2 aromatic rings. The van der Waals surface area contributed by atoms with Gasteiger partial charge in [0.2, 0.25) is 0 Å². The zero-order valence-electron chi connectivity index (χ0n) is 18.8. The van der Waals surface area contributed by atoms with E-state index >= 15 is 0 Å². The van der Waals surface area contributed by atoms with Gasteiger partial charge in [0.25, 0.3) is 5.91 Å². The molecule has 2 atom stereocenters. The minimum atomic E-state index is -0.635. The molecule has 1 saturated carbocycles. The number of Topliss-reactive ketones (excluding diaryl/α,β-unsaturated/α-hetero) is 1. The Balaban J connectivity index is 1.82. The van der Waals surface area contributed by atoms with Gasteiger partial charge in [0.05, 0.1) is 6.20 Å². The standard InChI is InChI=1S/C23H32N6O2/c1-12-13(2)29(16-9-23(3,4)10-17(30)19(12)16)18-11-26-20(21(25)31)22(28-18)27-15-8-6-5-7-14(15)24/h11,14-15H,5-10,24H2,1-4H3,(H2,25,31)(H,27,28). The third-order valence-electron chi connectivity index (χ3n) is 6.74. The highest BCUT2D eigenvalue weighted by Crippen LogP contribution is 2.39. The lowest BCUT2D eigenvalue weighted by molar-refractivity contribution is 0.0909. The number of fused-ring (bicyclic) bond motifs is 1. The number of nitrogens with zero attached hydrogens (tertiary/aromatic N) is 3. The summed E-state index contributed by atoms with van der Waals surface area (Å²) in [5.41, 5.74) is 15.5. The van der Waals surface area contributed by atoms with E-state index in [1.54, 1.807) is 6.20 Å². The number of hydrogen-bond donors (Lipinski definition) is 3. The Morgan fingerprint density at radius 1 is 1.23 bits per heavy atom. The van der Waals surface area contributed by atoms with E-state index in [1.807, 2.05) is 18.4 Å². The molecule has 2 aromatic heterocycles. The fraction of sp³-hybridized carbons (Fsp3) is 0.565. The molecule has 8 nitrogen and oxygen atoms in total. The Hall–Kier alpha value is -2.74. The molecule has 4 rings (SSSR count). The van der Waals surface area contributed by atoms with E-state index in [0.717, 1.165) is 54.6 Å². The molecule has 0 bridgehead atoms. The molecule has 2 heterocycles. The van der Waals surface area contributed by atoms with E-state index in [-0.39, 0.29) is 29.0 Å². The lowest BCUT2D eigenvalue weighted by atomic mass is 9.75. The maximum atomic E-state index is 12.9. The van der Waals surface area contributed by atoms with Gasteiger partial charge in [-0.25, -0.2) is 9.97 Å². The molecule has 2 aliphatic rings. The Morgan fingerprint density at radius 3 is 2.61 bits per heavy atom. The first-order valence-electron chi connectivity index (χ1n) is 11.0. The van der Waals surface area contributed by atoms with Gasteiger partial charge in [0, 0.05) is 35.5 Å².